The van der Waals surface area contributed by atoms with E-state index in [1.165, 1.54) is 135 Å². The van der Waals surface area contributed by atoms with Crippen LogP contribution in [0.2, 0.25) is 0 Å². The van der Waals surface area contributed by atoms with Gasteiger partial charge < -0.3 is 19.6 Å². The summed E-state index contributed by atoms with van der Waals surface area (Å²) in [4.78, 5) is 78.7. The Balaban J connectivity index is 2.32. The summed E-state index contributed by atoms with van der Waals surface area (Å²) < 4.78 is 10.9. The lowest BCUT2D eigenvalue weighted by Crippen LogP contribution is -2.42. The molecule has 0 bridgehead atoms. The Bertz CT molecular complexity index is 1050. The molecule has 1 atom stereocenters. The highest BCUT2D eigenvalue weighted by atomic mass is 16.7. The summed E-state index contributed by atoms with van der Waals surface area (Å²) in [5, 5.41) is 3.02. The molecular weight excluding hydrogens is 712 g/mol. The number of esters is 2. The molecule has 3 amide bonds. The van der Waals surface area contributed by atoms with Crippen LogP contribution in [0.25, 0.3) is 0 Å². The van der Waals surface area contributed by atoms with E-state index in [2.05, 4.69) is 19.2 Å². The number of nitrogens with one attached hydrogen (secondary N) is 1. The first-order valence-electron chi connectivity index (χ1n) is 23.0. The highest BCUT2D eigenvalue weighted by molar-refractivity contribution is 6.01. The number of hydrogen-bond acceptors (Lipinski definition) is 9. The minimum absolute atomic E-state index is 0.00210. The second-order valence-electron chi connectivity index (χ2n) is 15.8. The van der Waals surface area contributed by atoms with Crippen molar-refractivity contribution in [2.24, 2.45) is 0 Å². The van der Waals surface area contributed by atoms with E-state index in [0.29, 0.717) is 18.1 Å². The van der Waals surface area contributed by atoms with Crippen LogP contribution in [0.1, 0.15) is 232 Å². The molecule has 0 aromatic carbocycles. The minimum Gasteiger partial charge on any atom is -0.466 e. The summed E-state index contributed by atoms with van der Waals surface area (Å²) in [7, 11) is 0. The molecule has 11 heteroatoms. The predicted molar refractivity (Wildman–Crippen MR) is 220 cm³/mol. The molecule has 1 aliphatic heterocycles. The molecule has 0 spiro atoms. The Morgan fingerprint density at radius 1 is 0.500 bits per heavy atom. The molecule has 1 heterocycles. The van der Waals surface area contributed by atoms with Gasteiger partial charge in [0.25, 0.3) is 11.8 Å². The van der Waals surface area contributed by atoms with Crippen LogP contribution in [0.4, 0.5) is 0 Å². The van der Waals surface area contributed by atoms with Crippen LogP contribution in [0.3, 0.4) is 0 Å². The van der Waals surface area contributed by atoms with Gasteiger partial charge in [-0.2, -0.15) is 0 Å². The standard InChI is InChI=1S/C45H80N2O9/c1-3-5-7-9-11-13-15-17-19-21-23-25-27-29-37-54-43(51)35-31-39(46-40(48)32-36-44(52)56-47-41(49)33-34-42(47)50)45(53)55-38-30-28-26-24-22-20-18-16-14-12-10-8-6-4-2/h39H,3-38H2,1-2H3,(H,46,48)/t39-/m0/s1. The molecule has 1 aliphatic rings. The van der Waals surface area contributed by atoms with Gasteiger partial charge >= 0.3 is 17.9 Å². The van der Waals surface area contributed by atoms with E-state index >= 15 is 0 Å². The lowest BCUT2D eigenvalue weighted by atomic mass is 10.0. The van der Waals surface area contributed by atoms with Gasteiger partial charge in [-0.05, 0) is 19.3 Å². The van der Waals surface area contributed by atoms with Gasteiger partial charge in [-0.15, -0.1) is 5.06 Å². The van der Waals surface area contributed by atoms with Crippen molar-refractivity contribution in [3.8, 4) is 0 Å². The van der Waals surface area contributed by atoms with E-state index in [0.717, 1.165) is 38.5 Å². The second-order valence-corrected chi connectivity index (χ2v) is 15.8. The summed E-state index contributed by atoms with van der Waals surface area (Å²) in [6.07, 6.45) is 33.6. The number of rotatable bonds is 39. The fourth-order valence-electron chi connectivity index (χ4n) is 6.92. The van der Waals surface area contributed by atoms with E-state index in [9.17, 15) is 28.8 Å². The first-order valence-corrected chi connectivity index (χ1v) is 23.0. The Labute approximate surface area is 339 Å². The Morgan fingerprint density at radius 2 is 0.875 bits per heavy atom. The summed E-state index contributed by atoms with van der Waals surface area (Å²) >= 11 is 0. The van der Waals surface area contributed by atoms with Crippen LogP contribution in [0, 0.1) is 0 Å². The molecule has 0 radical (unpaired) electrons. The van der Waals surface area contributed by atoms with Crippen molar-refractivity contribution in [1.29, 1.82) is 0 Å². The van der Waals surface area contributed by atoms with Crippen molar-refractivity contribution in [2.75, 3.05) is 13.2 Å². The largest absolute Gasteiger partial charge is 0.466 e. The zero-order valence-electron chi connectivity index (χ0n) is 35.7. The van der Waals surface area contributed by atoms with Gasteiger partial charge in [-0.25, -0.2) is 9.59 Å². The molecule has 0 aromatic heterocycles. The van der Waals surface area contributed by atoms with Crippen molar-refractivity contribution in [2.45, 2.75) is 238 Å². The van der Waals surface area contributed by atoms with Crippen molar-refractivity contribution in [1.82, 2.24) is 10.4 Å². The lowest BCUT2D eigenvalue weighted by Gasteiger charge is -2.18. The van der Waals surface area contributed by atoms with Gasteiger partial charge in [0.2, 0.25) is 5.91 Å². The van der Waals surface area contributed by atoms with E-state index in [-0.39, 0.29) is 38.7 Å². The van der Waals surface area contributed by atoms with Crippen LogP contribution in [-0.2, 0) is 43.1 Å². The summed E-state index contributed by atoms with van der Waals surface area (Å²) in [5.41, 5.74) is 0. The molecule has 1 saturated heterocycles. The number of ether oxygens (including phenoxy) is 2. The predicted octanol–water partition coefficient (Wildman–Crippen LogP) is 10.7. The maximum absolute atomic E-state index is 13.0. The third-order valence-corrected chi connectivity index (χ3v) is 10.5. The minimum atomic E-state index is -1.08. The SMILES string of the molecule is CCCCCCCCCCCCCCCCOC(=O)CC[C@H](NC(=O)CCC(=O)ON1C(=O)CCC1=O)C(=O)OCCCCCCCCCCCCCCCC. The highest BCUT2D eigenvalue weighted by Gasteiger charge is 2.33. The van der Waals surface area contributed by atoms with Gasteiger partial charge in [0.15, 0.2) is 0 Å². The van der Waals surface area contributed by atoms with Gasteiger partial charge in [0.1, 0.15) is 6.04 Å². The Kier molecular flexibility index (Phi) is 33.1. The summed E-state index contributed by atoms with van der Waals surface area (Å²) in [6.45, 7) is 5.04. The first kappa shape index (κ1) is 51.0. The molecule has 1 rings (SSSR count). The van der Waals surface area contributed by atoms with Crippen molar-refractivity contribution in [3.05, 3.63) is 0 Å². The quantitative estimate of drug-likeness (QED) is 0.0365. The van der Waals surface area contributed by atoms with Gasteiger partial charge in [0.05, 0.1) is 19.6 Å². The molecular formula is C45H80N2O9. The number of hydroxylamine groups is 2. The van der Waals surface area contributed by atoms with Crippen LogP contribution < -0.4 is 5.32 Å². The smallest absolute Gasteiger partial charge is 0.333 e. The highest BCUT2D eigenvalue weighted by Crippen LogP contribution is 2.16. The maximum atomic E-state index is 13.0. The Hall–Kier alpha value is -2.98. The zero-order chi connectivity index (χ0) is 40.9. The van der Waals surface area contributed by atoms with Gasteiger partial charge in [-0.1, -0.05) is 181 Å². The van der Waals surface area contributed by atoms with Crippen molar-refractivity contribution < 1.29 is 43.1 Å². The molecule has 1 fully saturated rings. The van der Waals surface area contributed by atoms with E-state index in [1.54, 1.807) is 0 Å². The van der Waals surface area contributed by atoms with Crippen molar-refractivity contribution in [3.63, 3.8) is 0 Å². The average molecular weight is 793 g/mol. The fourth-order valence-corrected chi connectivity index (χ4v) is 6.92. The number of nitrogens with zero attached hydrogens (tertiary/aromatic N) is 1. The monoisotopic (exact) mass is 793 g/mol. The van der Waals surface area contributed by atoms with Gasteiger partial charge in [-0.3, -0.25) is 19.2 Å². The number of imide groups is 1. The molecule has 0 aromatic rings. The molecule has 0 saturated carbocycles. The molecule has 0 aliphatic carbocycles. The van der Waals surface area contributed by atoms with Crippen molar-refractivity contribution >= 4 is 35.6 Å². The molecule has 11 nitrogen and oxygen atoms in total. The third-order valence-electron chi connectivity index (χ3n) is 10.5. The zero-order valence-corrected chi connectivity index (χ0v) is 35.7. The number of carbonyl (C=O) groups excluding carboxylic acids is 6. The third kappa shape index (κ3) is 29.3. The second kappa shape index (κ2) is 36.4. The van der Waals surface area contributed by atoms with Crippen LogP contribution >= 0.6 is 0 Å². The molecule has 0 unspecified atom stereocenters. The van der Waals surface area contributed by atoms with E-state index in [1.807, 2.05) is 0 Å². The average Bonchev–Trinajstić information content (AvgIpc) is 3.50. The summed E-state index contributed by atoms with van der Waals surface area (Å²) in [5.74, 6) is -3.81. The molecule has 56 heavy (non-hydrogen) atoms. The number of hydrogen-bond donors (Lipinski definition) is 1. The van der Waals surface area contributed by atoms with Crippen LogP contribution in [0.5, 0.6) is 0 Å². The number of amides is 3. The normalized spacial score (nSPS) is 13.2. The first-order chi connectivity index (χ1) is 27.3. The fraction of sp³-hybridized carbons (Fsp3) is 0.867. The lowest BCUT2D eigenvalue weighted by molar-refractivity contribution is -0.197. The van der Waals surface area contributed by atoms with E-state index < -0.39 is 48.1 Å². The number of carbonyl (C=O) groups is 6. The summed E-state index contributed by atoms with van der Waals surface area (Å²) in [6, 6.07) is -1.08. The Morgan fingerprint density at radius 3 is 1.29 bits per heavy atom. The maximum Gasteiger partial charge on any atom is 0.333 e. The van der Waals surface area contributed by atoms with Crippen LogP contribution in [0.15, 0.2) is 0 Å². The number of unbranched alkanes of at least 4 members (excludes halogenated alkanes) is 26. The van der Waals surface area contributed by atoms with Gasteiger partial charge in [0, 0.05) is 25.7 Å². The molecule has 1 N–H and O–H groups in total. The molecule has 324 valence electrons. The van der Waals surface area contributed by atoms with E-state index in [4.69, 9.17) is 14.3 Å². The topological polar surface area (TPSA) is 145 Å². The van der Waals surface area contributed by atoms with Crippen LogP contribution in [-0.4, -0.2) is 59.9 Å².